The van der Waals surface area contributed by atoms with Gasteiger partial charge in [-0.3, -0.25) is 14.9 Å². The van der Waals surface area contributed by atoms with E-state index in [1.54, 1.807) is 0 Å². The van der Waals surface area contributed by atoms with Crippen molar-refractivity contribution in [1.82, 2.24) is 14.9 Å². The Morgan fingerprint density at radius 2 is 2.24 bits per heavy atom. The highest BCUT2D eigenvalue weighted by Crippen LogP contribution is 2.32. The number of amides is 2. The summed E-state index contributed by atoms with van der Waals surface area (Å²) in [7, 11) is 0. The summed E-state index contributed by atoms with van der Waals surface area (Å²) < 4.78 is 2.76. The van der Waals surface area contributed by atoms with Crippen LogP contribution in [-0.2, 0) is 9.59 Å². The van der Waals surface area contributed by atoms with E-state index in [9.17, 15) is 9.59 Å². The fourth-order valence-corrected chi connectivity index (χ4v) is 3.13. The lowest BCUT2D eigenvalue weighted by atomic mass is 10.1. The summed E-state index contributed by atoms with van der Waals surface area (Å²) in [5, 5.41) is 2.05. The third-order valence-electron chi connectivity index (χ3n) is 3.56. The number of nitrogens with zero attached hydrogens (tertiary/aromatic N) is 2. The summed E-state index contributed by atoms with van der Waals surface area (Å²) in [4.78, 5) is 28.0. The standard InChI is InChI=1S/C14H13BrClN3O2/c1-7(16)13-17-9-6-8(15)2-3-10(9)19(13)11-4-5-12(20)18-14(11)21/h2-3,6-7,11H,4-5H2,1H3,(H,18,20,21). The van der Waals surface area contributed by atoms with E-state index < -0.39 is 6.04 Å². The van der Waals surface area contributed by atoms with Gasteiger partial charge in [-0.05, 0) is 31.5 Å². The third-order valence-corrected chi connectivity index (χ3v) is 4.24. The predicted molar refractivity (Wildman–Crippen MR) is 83.1 cm³/mol. The minimum Gasteiger partial charge on any atom is -0.314 e. The van der Waals surface area contributed by atoms with Crippen molar-refractivity contribution in [2.75, 3.05) is 0 Å². The molecule has 0 aliphatic carbocycles. The number of piperidine rings is 1. The molecule has 1 aliphatic rings. The van der Waals surface area contributed by atoms with Crippen LogP contribution in [-0.4, -0.2) is 21.4 Å². The van der Waals surface area contributed by atoms with Crippen molar-refractivity contribution in [2.24, 2.45) is 0 Å². The van der Waals surface area contributed by atoms with E-state index in [-0.39, 0.29) is 17.2 Å². The molecule has 0 spiro atoms. The van der Waals surface area contributed by atoms with Gasteiger partial charge in [-0.25, -0.2) is 4.98 Å². The molecule has 110 valence electrons. The zero-order valence-corrected chi connectivity index (χ0v) is 13.6. The topological polar surface area (TPSA) is 64.0 Å². The van der Waals surface area contributed by atoms with Crippen molar-refractivity contribution in [3.63, 3.8) is 0 Å². The number of carbonyl (C=O) groups excluding carboxylic acids is 2. The van der Waals surface area contributed by atoms with Crippen molar-refractivity contribution in [3.05, 3.63) is 28.5 Å². The van der Waals surface area contributed by atoms with Gasteiger partial charge in [-0.1, -0.05) is 15.9 Å². The van der Waals surface area contributed by atoms with E-state index in [4.69, 9.17) is 11.6 Å². The van der Waals surface area contributed by atoms with Crippen LogP contribution in [0.1, 0.15) is 37.0 Å². The molecule has 2 amide bonds. The van der Waals surface area contributed by atoms with Gasteiger partial charge in [0.25, 0.3) is 0 Å². The maximum absolute atomic E-state index is 12.2. The molecule has 7 heteroatoms. The number of imide groups is 1. The number of aromatic nitrogens is 2. The maximum Gasteiger partial charge on any atom is 0.249 e. The second-order valence-electron chi connectivity index (χ2n) is 5.06. The quantitative estimate of drug-likeness (QED) is 0.653. The molecule has 2 aromatic rings. The largest absolute Gasteiger partial charge is 0.314 e. The minimum absolute atomic E-state index is 0.233. The number of halogens is 2. The summed E-state index contributed by atoms with van der Waals surface area (Å²) in [5.74, 6) is 0.107. The lowest BCUT2D eigenvalue weighted by molar-refractivity contribution is -0.135. The highest BCUT2D eigenvalue weighted by atomic mass is 79.9. The van der Waals surface area contributed by atoms with Gasteiger partial charge in [0.2, 0.25) is 11.8 Å². The average molecular weight is 371 g/mol. The van der Waals surface area contributed by atoms with Gasteiger partial charge in [-0.2, -0.15) is 0 Å². The molecule has 1 fully saturated rings. The van der Waals surface area contributed by atoms with Crippen LogP contribution in [0, 0.1) is 0 Å². The predicted octanol–water partition coefficient (Wildman–Crippen LogP) is 3.08. The molecule has 1 aromatic heterocycles. The first-order valence-corrected chi connectivity index (χ1v) is 7.85. The van der Waals surface area contributed by atoms with Gasteiger partial charge in [0.15, 0.2) is 0 Å². The fraction of sp³-hybridized carbons (Fsp3) is 0.357. The fourth-order valence-electron chi connectivity index (χ4n) is 2.63. The average Bonchev–Trinajstić information content (AvgIpc) is 2.77. The van der Waals surface area contributed by atoms with Gasteiger partial charge in [0.1, 0.15) is 11.9 Å². The van der Waals surface area contributed by atoms with E-state index in [2.05, 4.69) is 26.2 Å². The molecule has 0 radical (unpaired) electrons. The Bertz CT molecular complexity index is 741. The second kappa shape index (κ2) is 5.42. The molecule has 1 aliphatic heterocycles. The lowest BCUT2D eigenvalue weighted by Crippen LogP contribution is -2.42. The first-order valence-electron chi connectivity index (χ1n) is 6.62. The van der Waals surface area contributed by atoms with Crippen molar-refractivity contribution >= 4 is 50.4 Å². The summed E-state index contributed by atoms with van der Waals surface area (Å²) in [6.07, 6.45) is 0.783. The second-order valence-corrected chi connectivity index (χ2v) is 6.63. The smallest absolute Gasteiger partial charge is 0.249 e. The zero-order chi connectivity index (χ0) is 15.1. The highest BCUT2D eigenvalue weighted by Gasteiger charge is 2.31. The molecule has 0 saturated carbocycles. The van der Waals surface area contributed by atoms with E-state index in [0.29, 0.717) is 18.7 Å². The SMILES string of the molecule is CC(Cl)c1nc2cc(Br)ccc2n1C1CCC(=O)NC1=O. The molecule has 1 saturated heterocycles. The maximum atomic E-state index is 12.2. The summed E-state index contributed by atoms with van der Waals surface area (Å²) in [6, 6.07) is 5.24. The van der Waals surface area contributed by atoms with Crippen molar-refractivity contribution < 1.29 is 9.59 Å². The van der Waals surface area contributed by atoms with E-state index in [1.165, 1.54) is 0 Å². The monoisotopic (exact) mass is 369 g/mol. The Morgan fingerprint density at radius 1 is 1.48 bits per heavy atom. The van der Waals surface area contributed by atoms with Crippen LogP contribution in [0.2, 0.25) is 0 Å². The van der Waals surface area contributed by atoms with Gasteiger partial charge >= 0.3 is 0 Å². The van der Waals surface area contributed by atoms with Crippen LogP contribution in [0.25, 0.3) is 11.0 Å². The van der Waals surface area contributed by atoms with E-state index >= 15 is 0 Å². The van der Waals surface area contributed by atoms with E-state index in [0.717, 1.165) is 15.5 Å². The zero-order valence-electron chi connectivity index (χ0n) is 11.3. The molecule has 5 nitrogen and oxygen atoms in total. The Balaban J connectivity index is 2.17. The molecular weight excluding hydrogens is 358 g/mol. The van der Waals surface area contributed by atoms with Crippen LogP contribution in [0.15, 0.2) is 22.7 Å². The summed E-state index contributed by atoms with van der Waals surface area (Å²) >= 11 is 9.63. The summed E-state index contributed by atoms with van der Waals surface area (Å²) in [6.45, 7) is 1.82. The van der Waals surface area contributed by atoms with Gasteiger partial charge in [0.05, 0.1) is 16.4 Å². The van der Waals surface area contributed by atoms with Gasteiger partial charge in [0, 0.05) is 10.9 Å². The molecule has 1 aromatic carbocycles. The van der Waals surface area contributed by atoms with Gasteiger partial charge in [-0.15, -0.1) is 11.6 Å². The van der Waals surface area contributed by atoms with E-state index in [1.807, 2.05) is 29.7 Å². The number of alkyl halides is 1. The van der Waals surface area contributed by atoms with Crippen LogP contribution in [0.5, 0.6) is 0 Å². The molecule has 2 unspecified atom stereocenters. The van der Waals surface area contributed by atoms with Crippen molar-refractivity contribution in [1.29, 1.82) is 0 Å². The number of hydrogen-bond acceptors (Lipinski definition) is 3. The van der Waals surface area contributed by atoms with Crippen molar-refractivity contribution in [3.8, 4) is 0 Å². The Kier molecular flexibility index (Phi) is 3.75. The third kappa shape index (κ3) is 2.58. The number of fused-ring (bicyclic) bond motifs is 1. The number of rotatable bonds is 2. The first-order chi connectivity index (χ1) is 9.97. The molecule has 3 rings (SSSR count). The number of benzene rings is 1. The highest BCUT2D eigenvalue weighted by molar-refractivity contribution is 9.10. The van der Waals surface area contributed by atoms with Crippen molar-refractivity contribution in [2.45, 2.75) is 31.2 Å². The Labute approximate surface area is 134 Å². The minimum atomic E-state index is -0.454. The number of nitrogens with one attached hydrogen (secondary N) is 1. The first kappa shape index (κ1) is 14.5. The van der Waals surface area contributed by atoms with Crippen LogP contribution in [0.4, 0.5) is 0 Å². The summed E-state index contributed by atoms with van der Waals surface area (Å²) in [5.41, 5.74) is 1.62. The van der Waals surface area contributed by atoms with Crippen LogP contribution < -0.4 is 5.32 Å². The Morgan fingerprint density at radius 3 is 2.90 bits per heavy atom. The molecule has 2 heterocycles. The molecule has 1 N–H and O–H groups in total. The molecular formula is C14H13BrClN3O2. The molecule has 21 heavy (non-hydrogen) atoms. The lowest BCUT2D eigenvalue weighted by Gasteiger charge is -2.24. The molecule has 0 bridgehead atoms. The number of hydrogen-bond donors (Lipinski definition) is 1. The molecule has 2 atom stereocenters. The normalized spacial score (nSPS) is 20.6. The number of carbonyl (C=O) groups is 2. The van der Waals surface area contributed by atoms with Gasteiger partial charge < -0.3 is 4.57 Å². The number of imidazole rings is 1. The van der Waals surface area contributed by atoms with Crippen LogP contribution in [0.3, 0.4) is 0 Å². The Hall–Kier alpha value is -1.40. The van der Waals surface area contributed by atoms with Crippen LogP contribution >= 0.6 is 27.5 Å².